The third-order valence-electron chi connectivity index (χ3n) is 3.47. The molecule has 0 aromatic heterocycles. The summed E-state index contributed by atoms with van der Waals surface area (Å²) in [6.45, 7) is -2.99. The molecule has 1 heterocycles. The summed E-state index contributed by atoms with van der Waals surface area (Å²) in [6.07, 6.45) is -6.42. The summed E-state index contributed by atoms with van der Waals surface area (Å²) in [6, 6.07) is 0. The molecular formula is C12H13F11O2. The molecule has 0 N–H and O–H groups in total. The van der Waals surface area contributed by atoms with Crippen molar-refractivity contribution in [3.05, 3.63) is 0 Å². The lowest BCUT2D eigenvalue weighted by Gasteiger charge is -2.37. The molecule has 2 nitrogen and oxygen atoms in total. The van der Waals surface area contributed by atoms with Gasteiger partial charge in [0, 0.05) is 6.61 Å². The van der Waals surface area contributed by atoms with Crippen molar-refractivity contribution in [2.75, 3.05) is 19.8 Å². The average molecular weight is 398 g/mol. The van der Waals surface area contributed by atoms with Crippen LogP contribution in [-0.4, -0.2) is 55.8 Å². The number of ether oxygens (including phenoxy) is 2. The fraction of sp³-hybridized carbons (Fsp3) is 1.00. The van der Waals surface area contributed by atoms with Crippen molar-refractivity contribution in [1.82, 2.24) is 0 Å². The van der Waals surface area contributed by atoms with E-state index in [9.17, 15) is 48.3 Å². The number of hydrogen-bond acceptors (Lipinski definition) is 2. The van der Waals surface area contributed by atoms with Gasteiger partial charge in [-0.1, -0.05) is 0 Å². The van der Waals surface area contributed by atoms with Crippen LogP contribution in [0.4, 0.5) is 48.3 Å². The van der Waals surface area contributed by atoms with E-state index in [0.29, 0.717) is 19.3 Å². The first kappa shape index (κ1) is 22.2. The largest absolute Gasteiger partial charge is 0.460 e. The summed E-state index contributed by atoms with van der Waals surface area (Å²) >= 11 is 0. The highest BCUT2D eigenvalue weighted by Crippen LogP contribution is 2.57. The quantitative estimate of drug-likeness (QED) is 0.580. The molecule has 13 heteroatoms. The normalized spacial score (nSPS) is 21.5. The van der Waals surface area contributed by atoms with E-state index in [1.807, 2.05) is 0 Å². The minimum Gasteiger partial charge on any atom is -0.376 e. The molecule has 150 valence electrons. The van der Waals surface area contributed by atoms with E-state index in [0.717, 1.165) is 0 Å². The maximum Gasteiger partial charge on any atom is 0.460 e. The maximum atomic E-state index is 13.3. The molecule has 1 fully saturated rings. The molecule has 0 bridgehead atoms. The lowest BCUT2D eigenvalue weighted by molar-refractivity contribution is -0.424. The van der Waals surface area contributed by atoms with Gasteiger partial charge in [-0.25, -0.2) is 0 Å². The lowest BCUT2D eigenvalue weighted by Crippen LogP contribution is -2.67. The van der Waals surface area contributed by atoms with E-state index in [1.165, 1.54) is 0 Å². The first-order chi connectivity index (χ1) is 11.1. The van der Waals surface area contributed by atoms with Crippen LogP contribution in [0.1, 0.15) is 19.3 Å². The van der Waals surface area contributed by atoms with Crippen molar-refractivity contribution >= 4 is 0 Å². The van der Waals surface area contributed by atoms with Crippen LogP contribution in [0.3, 0.4) is 0 Å². The Morgan fingerprint density at radius 3 is 1.76 bits per heavy atom. The first-order valence-corrected chi connectivity index (χ1v) is 6.85. The van der Waals surface area contributed by atoms with Crippen LogP contribution in [0.2, 0.25) is 0 Å². The van der Waals surface area contributed by atoms with E-state index < -0.39 is 49.2 Å². The van der Waals surface area contributed by atoms with Gasteiger partial charge in [-0.05, 0) is 19.3 Å². The van der Waals surface area contributed by atoms with Gasteiger partial charge < -0.3 is 9.47 Å². The molecule has 0 aliphatic carbocycles. The second-order valence-corrected chi connectivity index (χ2v) is 5.43. The van der Waals surface area contributed by atoms with Gasteiger partial charge in [-0.15, -0.1) is 0 Å². The van der Waals surface area contributed by atoms with E-state index in [1.54, 1.807) is 0 Å². The zero-order chi connectivity index (χ0) is 19.7. The highest BCUT2D eigenvalue weighted by atomic mass is 19.4. The molecule has 1 atom stereocenters. The highest BCUT2D eigenvalue weighted by Gasteiger charge is 2.87. The predicted octanol–water partition coefficient (Wildman–Crippen LogP) is 4.68. The Morgan fingerprint density at radius 2 is 1.32 bits per heavy atom. The molecule has 0 amide bonds. The highest BCUT2D eigenvalue weighted by molar-refractivity contribution is 5.06. The Bertz CT molecular complexity index is 441. The molecule has 0 spiro atoms. The van der Waals surface area contributed by atoms with Crippen molar-refractivity contribution in [3.8, 4) is 0 Å². The van der Waals surface area contributed by atoms with Crippen LogP contribution in [0, 0.1) is 0 Å². The lowest BCUT2D eigenvalue weighted by atomic mass is 9.98. The Balaban J connectivity index is 2.85. The molecule has 1 unspecified atom stereocenters. The molecule has 1 aliphatic heterocycles. The van der Waals surface area contributed by atoms with Crippen LogP contribution in [0.15, 0.2) is 0 Å². The Labute approximate surface area is 134 Å². The molecule has 1 rings (SSSR count). The minimum absolute atomic E-state index is 0.219. The number of hydrogen-bond donors (Lipinski definition) is 0. The van der Waals surface area contributed by atoms with E-state index in [2.05, 4.69) is 4.74 Å². The van der Waals surface area contributed by atoms with E-state index in [4.69, 9.17) is 4.74 Å². The topological polar surface area (TPSA) is 18.5 Å². The second-order valence-electron chi connectivity index (χ2n) is 5.43. The Hall–Kier alpha value is -0.850. The van der Waals surface area contributed by atoms with Crippen molar-refractivity contribution in [2.24, 2.45) is 0 Å². The number of halogens is 11. The summed E-state index contributed by atoms with van der Waals surface area (Å²) in [7, 11) is 0. The van der Waals surface area contributed by atoms with Gasteiger partial charge in [0.15, 0.2) is 0 Å². The van der Waals surface area contributed by atoms with Crippen LogP contribution < -0.4 is 0 Å². The molecule has 0 saturated carbocycles. The zero-order valence-corrected chi connectivity index (χ0v) is 12.3. The van der Waals surface area contributed by atoms with E-state index >= 15 is 0 Å². The van der Waals surface area contributed by atoms with Gasteiger partial charge in [0.1, 0.15) is 6.61 Å². The van der Waals surface area contributed by atoms with E-state index in [-0.39, 0.29) is 6.61 Å². The fourth-order valence-electron chi connectivity index (χ4n) is 1.95. The van der Waals surface area contributed by atoms with Gasteiger partial charge in [0.2, 0.25) is 0 Å². The minimum atomic E-state index is -7.40. The van der Waals surface area contributed by atoms with Gasteiger partial charge in [-0.2, -0.15) is 48.3 Å². The third-order valence-corrected chi connectivity index (χ3v) is 3.47. The van der Waals surface area contributed by atoms with Crippen LogP contribution >= 0.6 is 0 Å². The summed E-state index contributed by atoms with van der Waals surface area (Å²) in [4.78, 5) is 0. The SMILES string of the molecule is FC(F)(F)C(F)(F)C(F)(F)C(F)(F)C(F)(F)COCC1CCCCO1. The standard InChI is InChI=1S/C12H13F11O2/c13-8(14,6-24-5-7-3-1-2-4-25-7)9(15,16)10(17,18)11(19,20)12(21,22)23/h7H,1-6H2. The van der Waals surface area contributed by atoms with Crippen molar-refractivity contribution in [2.45, 2.75) is 55.2 Å². The predicted molar refractivity (Wildman–Crippen MR) is 60.3 cm³/mol. The van der Waals surface area contributed by atoms with Crippen molar-refractivity contribution in [1.29, 1.82) is 0 Å². The Morgan fingerprint density at radius 1 is 0.760 bits per heavy atom. The van der Waals surface area contributed by atoms with Crippen LogP contribution in [0.25, 0.3) is 0 Å². The third kappa shape index (κ3) is 4.12. The first-order valence-electron chi connectivity index (χ1n) is 6.85. The monoisotopic (exact) mass is 398 g/mol. The van der Waals surface area contributed by atoms with Gasteiger partial charge in [-0.3, -0.25) is 0 Å². The van der Waals surface area contributed by atoms with Gasteiger partial charge >= 0.3 is 29.9 Å². The molecule has 25 heavy (non-hydrogen) atoms. The smallest absolute Gasteiger partial charge is 0.376 e. The van der Waals surface area contributed by atoms with Crippen LogP contribution in [-0.2, 0) is 9.47 Å². The summed E-state index contributed by atoms with van der Waals surface area (Å²) in [5.41, 5.74) is 0. The zero-order valence-electron chi connectivity index (χ0n) is 12.3. The molecule has 0 radical (unpaired) electrons. The van der Waals surface area contributed by atoms with Crippen molar-refractivity contribution in [3.63, 3.8) is 0 Å². The molecular weight excluding hydrogens is 385 g/mol. The summed E-state index contributed by atoms with van der Waals surface area (Å²) in [5.74, 6) is -27.8. The molecule has 0 aromatic rings. The maximum absolute atomic E-state index is 13.3. The summed E-state index contributed by atoms with van der Waals surface area (Å²) in [5, 5.41) is 0. The van der Waals surface area contributed by atoms with Crippen molar-refractivity contribution < 1.29 is 57.8 Å². The Kier molecular flexibility index (Phi) is 6.25. The van der Waals surface area contributed by atoms with Gasteiger partial charge in [0.05, 0.1) is 12.7 Å². The van der Waals surface area contributed by atoms with Crippen LogP contribution in [0.5, 0.6) is 0 Å². The van der Waals surface area contributed by atoms with Gasteiger partial charge in [0.25, 0.3) is 0 Å². The second kappa shape index (κ2) is 7.05. The molecule has 0 aromatic carbocycles. The molecule has 1 aliphatic rings. The average Bonchev–Trinajstić information content (AvgIpc) is 2.46. The summed E-state index contributed by atoms with van der Waals surface area (Å²) < 4.78 is 149. The fourth-order valence-corrected chi connectivity index (χ4v) is 1.95. The molecule has 1 saturated heterocycles. The number of alkyl halides is 11. The number of rotatable bonds is 7.